The number of amides is 1. The molecule has 152 valence electrons. The highest BCUT2D eigenvalue weighted by Gasteiger charge is 2.20. The summed E-state index contributed by atoms with van der Waals surface area (Å²) in [5, 5.41) is 12.5. The Morgan fingerprint density at radius 3 is 2.55 bits per heavy atom. The molecule has 0 atom stereocenters. The van der Waals surface area contributed by atoms with E-state index < -0.39 is 15.9 Å². The van der Waals surface area contributed by atoms with Crippen molar-refractivity contribution >= 4 is 27.3 Å². The van der Waals surface area contributed by atoms with Crippen molar-refractivity contribution in [2.45, 2.75) is 18.2 Å². The average Bonchev–Trinajstić information content (AvgIpc) is 3.19. The highest BCUT2D eigenvalue weighted by Crippen LogP contribution is 2.30. The van der Waals surface area contributed by atoms with Crippen LogP contribution in [0.2, 0.25) is 0 Å². The number of nitrogens with one attached hydrogen (secondary N) is 2. The summed E-state index contributed by atoms with van der Waals surface area (Å²) in [6.07, 6.45) is 0.626. The quantitative estimate of drug-likeness (QED) is 0.507. The number of hydrogen-bond acceptors (Lipinski definition) is 6. The van der Waals surface area contributed by atoms with E-state index >= 15 is 0 Å². The molecule has 0 saturated heterocycles. The maximum absolute atomic E-state index is 12.8. The van der Waals surface area contributed by atoms with Gasteiger partial charge in [0.25, 0.3) is 15.9 Å². The van der Waals surface area contributed by atoms with E-state index in [-0.39, 0.29) is 27.8 Å². The van der Waals surface area contributed by atoms with Crippen molar-refractivity contribution < 1.29 is 27.5 Å². The third-order valence-electron chi connectivity index (χ3n) is 4.11. The minimum absolute atomic E-state index is 0.0571. The van der Waals surface area contributed by atoms with Crippen molar-refractivity contribution in [3.63, 3.8) is 0 Å². The fourth-order valence-corrected chi connectivity index (χ4v) is 3.69. The van der Waals surface area contributed by atoms with Gasteiger partial charge in [0.15, 0.2) is 5.76 Å². The van der Waals surface area contributed by atoms with Crippen LogP contribution in [0.4, 0.5) is 11.4 Å². The van der Waals surface area contributed by atoms with Crippen molar-refractivity contribution in [3.8, 4) is 11.5 Å². The van der Waals surface area contributed by atoms with Crippen molar-refractivity contribution in [1.29, 1.82) is 0 Å². The molecule has 0 bridgehead atoms. The summed E-state index contributed by atoms with van der Waals surface area (Å²) in [7, 11) is -2.57. The predicted molar refractivity (Wildman–Crippen MR) is 108 cm³/mol. The molecule has 1 amide bonds. The molecule has 0 radical (unpaired) electrons. The second kappa shape index (κ2) is 8.27. The normalized spacial score (nSPS) is 11.1. The van der Waals surface area contributed by atoms with Crippen molar-refractivity contribution in [3.05, 3.63) is 66.1 Å². The Labute approximate surface area is 168 Å². The summed E-state index contributed by atoms with van der Waals surface area (Å²) in [5.74, 6) is 0.162. The topological polar surface area (TPSA) is 118 Å². The zero-order chi connectivity index (χ0) is 21.0. The minimum Gasteiger partial charge on any atom is -0.506 e. The van der Waals surface area contributed by atoms with Gasteiger partial charge in [-0.1, -0.05) is 19.1 Å². The van der Waals surface area contributed by atoms with Gasteiger partial charge in [-0.25, -0.2) is 8.42 Å². The van der Waals surface area contributed by atoms with Gasteiger partial charge in [-0.3, -0.25) is 9.52 Å². The molecule has 2 aromatic carbocycles. The number of anilines is 2. The monoisotopic (exact) mass is 416 g/mol. The number of phenols is 1. The second-order valence-corrected chi connectivity index (χ2v) is 7.74. The number of sulfonamides is 1. The van der Waals surface area contributed by atoms with Gasteiger partial charge >= 0.3 is 0 Å². The number of carbonyl (C=O) groups is 1. The summed E-state index contributed by atoms with van der Waals surface area (Å²) in [6, 6.07) is 13.3. The van der Waals surface area contributed by atoms with Crippen LogP contribution >= 0.6 is 0 Å². The summed E-state index contributed by atoms with van der Waals surface area (Å²) in [4.78, 5) is 12.2. The van der Waals surface area contributed by atoms with E-state index in [1.165, 1.54) is 25.3 Å². The highest BCUT2D eigenvalue weighted by atomic mass is 32.2. The number of furan rings is 1. The van der Waals surface area contributed by atoms with Crippen LogP contribution in [0.15, 0.2) is 63.9 Å². The van der Waals surface area contributed by atoms with Gasteiger partial charge < -0.3 is 19.6 Å². The number of benzene rings is 2. The molecule has 1 aromatic heterocycles. The zero-order valence-corrected chi connectivity index (χ0v) is 16.6. The largest absolute Gasteiger partial charge is 0.506 e. The molecule has 8 nitrogen and oxygen atoms in total. The van der Waals surface area contributed by atoms with E-state index in [0.717, 1.165) is 6.07 Å². The lowest BCUT2D eigenvalue weighted by Crippen LogP contribution is -2.15. The first-order chi connectivity index (χ1) is 13.8. The first-order valence-electron chi connectivity index (χ1n) is 8.73. The molecule has 0 saturated carbocycles. The standard InChI is InChI=1S/C20H20N2O6S/c1-3-13-8-11-19(28-13)20(24)21-16-12-14(9-10-17(16)23)29(25,26)22-15-6-4-5-7-18(15)27-2/h4-12,22-23H,3H2,1-2H3,(H,21,24). The molecule has 0 aliphatic heterocycles. The predicted octanol–water partition coefficient (Wildman–Crippen LogP) is 3.61. The van der Waals surface area contributed by atoms with Crippen molar-refractivity contribution in [2.24, 2.45) is 0 Å². The molecule has 0 fully saturated rings. The number of para-hydroxylation sites is 2. The van der Waals surface area contributed by atoms with Gasteiger partial charge in [0.05, 0.1) is 23.4 Å². The van der Waals surface area contributed by atoms with Gasteiger partial charge in [-0.2, -0.15) is 0 Å². The summed E-state index contributed by atoms with van der Waals surface area (Å²) in [5.41, 5.74) is 0.198. The first-order valence-corrected chi connectivity index (χ1v) is 10.2. The number of phenolic OH excluding ortho intramolecular Hbond substituents is 1. The molecule has 9 heteroatoms. The van der Waals surface area contributed by atoms with E-state index in [9.17, 15) is 18.3 Å². The number of rotatable bonds is 7. The Bertz CT molecular complexity index is 1140. The fraction of sp³-hybridized carbons (Fsp3) is 0.150. The SMILES string of the molecule is CCc1ccc(C(=O)Nc2cc(S(=O)(=O)Nc3ccccc3OC)ccc2O)o1. The second-order valence-electron chi connectivity index (χ2n) is 6.06. The molecule has 3 N–H and O–H groups in total. The molecule has 0 unspecified atom stereocenters. The lowest BCUT2D eigenvalue weighted by molar-refractivity contribution is 0.0994. The van der Waals surface area contributed by atoms with Crippen LogP contribution in [0.5, 0.6) is 11.5 Å². The van der Waals surface area contributed by atoms with E-state index in [4.69, 9.17) is 9.15 Å². The number of aromatic hydroxyl groups is 1. The zero-order valence-electron chi connectivity index (χ0n) is 15.8. The molecule has 1 heterocycles. The van der Waals surface area contributed by atoms with Gasteiger partial charge in [-0.15, -0.1) is 0 Å². The Morgan fingerprint density at radius 1 is 1.10 bits per heavy atom. The van der Waals surface area contributed by atoms with Gasteiger partial charge in [0, 0.05) is 6.42 Å². The van der Waals surface area contributed by atoms with E-state index in [1.54, 1.807) is 30.3 Å². The van der Waals surface area contributed by atoms with Gasteiger partial charge in [0.1, 0.15) is 17.3 Å². The molecule has 0 aliphatic carbocycles. The number of methoxy groups -OCH3 is 1. The Morgan fingerprint density at radius 2 is 1.86 bits per heavy atom. The van der Waals surface area contributed by atoms with E-state index in [0.29, 0.717) is 17.9 Å². The Kier molecular flexibility index (Phi) is 5.79. The molecule has 0 spiro atoms. The lowest BCUT2D eigenvalue weighted by Gasteiger charge is -2.13. The molecular weight excluding hydrogens is 396 g/mol. The molecular formula is C20H20N2O6S. The number of ether oxygens (including phenoxy) is 1. The fourth-order valence-electron chi connectivity index (χ4n) is 2.59. The van der Waals surface area contributed by atoms with Crippen molar-refractivity contribution in [2.75, 3.05) is 17.1 Å². The van der Waals surface area contributed by atoms with E-state index in [1.807, 2.05) is 6.92 Å². The summed E-state index contributed by atoms with van der Waals surface area (Å²) >= 11 is 0. The van der Waals surface area contributed by atoms with Crippen LogP contribution in [0.1, 0.15) is 23.2 Å². The van der Waals surface area contributed by atoms with Gasteiger partial charge in [-0.05, 0) is 42.5 Å². The third-order valence-corrected chi connectivity index (χ3v) is 5.47. The smallest absolute Gasteiger partial charge is 0.291 e. The maximum Gasteiger partial charge on any atom is 0.291 e. The molecule has 3 aromatic rings. The summed E-state index contributed by atoms with van der Waals surface area (Å²) in [6.45, 7) is 1.88. The average molecular weight is 416 g/mol. The molecule has 3 rings (SSSR count). The van der Waals surface area contributed by atoms with Gasteiger partial charge in [0.2, 0.25) is 0 Å². The van der Waals surface area contributed by atoms with Crippen LogP contribution in [0.25, 0.3) is 0 Å². The van der Waals surface area contributed by atoms with Crippen LogP contribution < -0.4 is 14.8 Å². The van der Waals surface area contributed by atoms with Crippen LogP contribution in [0, 0.1) is 0 Å². The van der Waals surface area contributed by atoms with E-state index in [2.05, 4.69) is 10.0 Å². The van der Waals surface area contributed by atoms with Crippen LogP contribution in [0.3, 0.4) is 0 Å². The molecule has 29 heavy (non-hydrogen) atoms. The Balaban J connectivity index is 1.86. The van der Waals surface area contributed by atoms with Crippen LogP contribution in [-0.4, -0.2) is 26.5 Å². The number of hydrogen-bond donors (Lipinski definition) is 3. The van der Waals surface area contributed by atoms with Crippen LogP contribution in [-0.2, 0) is 16.4 Å². The Hall–Kier alpha value is -3.46. The summed E-state index contributed by atoms with van der Waals surface area (Å²) < 4.78 is 38.5. The lowest BCUT2D eigenvalue weighted by atomic mass is 10.3. The maximum atomic E-state index is 12.8. The number of aryl methyl sites for hydroxylation is 1. The highest BCUT2D eigenvalue weighted by molar-refractivity contribution is 7.92. The van der Waals surface area contributed by atoms with Crippen molar-refractivity contribution in [1.82, 2.24) is 0 Å². The first kappa shape index (κ1) is 20.3. The third kappa shape index (κ3) is 4.52. The number of carbonyl (C=O) groups excluding carboxylic acids is 1. The minimum atomic E-state index is -4.00. The molecule has 0 aliphatic rings.